The summed E-state index contributed by atoms with van der Waals surface area (Å²) in [6.45, 7) is 8.46. The van der Waals surface area contributed by atoms with E-state index in [0.29, 0.717) is 0 Å². The molecular formula is C30H28O2P+. The summed E-state index contributed by atoms with van der Waals surface area (Å²) in [6, 6.07) is 31.9. The molecule has 0 radical (unpaired) electrons. The van der Waals surface area contributed by atoms with Gasteiger partial charge in [0.25, 0.3) is 0 Å². The van der Waals surface area contributed by atoms with Gasteiger partial charge in [-0.2, -0.15) is 0 Å². The Balaban J connectivity index is 1.94. The zero-order chi connectivity index (χ0) is 23.2. The largest absolute Gasteiger partial charge is 0.418 e. The van der Waals surface area contributed by atoms with Crippen LogP contribution in [-0.4, -0.2) is 5.97 Å². The summed E-state index contributed by atoms with van der Waals surface area (Å²) in [6.07, 6.45) is 0. The number of fused-ring (bicyclic) bond motifs is 1. The Bertz CT molecular complexity index is 1230. The SMILES string of the molecule is Cc1c(C)c(C)c2c(c1C)C(=O)OC2[P+](c1ccccc1)(c1ccccc1)c1ccccc1. The van der Waals surface area contributed by atoms with Gasteiger partial charge in [-0.3, -0.25) is 0 Å². The fourth-order valence-corrected chi connectivity index (χ4v) is 9.85. The first-order valence-electron chi connectivity index (χ1n) is 11.3. The van der Waals surface area contributed by atoms with Gasteiger partial charge in [-0.05, 0) is 86.3 Å². The highest BCUT2D eigenvalue weighted by atomic mass is 31.2. The lowest BCUT2D eigenvalue weighted by Crippen LogP contribution is -2.35. The van der Waals surface area contributed by atoms with E-state index < -0.39 is 7.26 Å². The molecule has 1 aliphatic rings. The molecule has 5 rings (SSSR count). The van der Waals surface area contributed by atoms with Gasteiger partial charge in [0.15, 0.2) is 7.26 Å². The van der Waals surface area contributed by atoms with Crippen molar-refractivity contribution in [2.45, 2.75) is 33.5 Å². The fraction of sp³-hybridized carbons (Fsp3) is 0.167. The second-order valence-electron chi connectivity index (χ2n) is 8.78. The van der Waals surface area contributed by atoms with E-state index in [9.17, 15) is 4.79 Å². The van der Waals surface area contributed by atoms with Gasteiger partial charge in [0.1, 0.15) is 15.9 Å². The number of rotatable bonds is 4. The summed E-state index contributed by atoms with van der Waals surface area (Å²) in [7, 11) is -2.40. The summed E-state index contributed by atoms with van der Waals surface area (Å²) in [5, 5.41) is 3.63. The van der Waals surface area contributed by atoms with Crippen LogP contribution in [0.2, 0.25) is 0 Å². The summed E-state index contributed by atoms with van der Waals surface area (Å²) in [5.41, 5.74) is 6.43. The van der Waals surface area contributed by atoms with E-state index >= 15 is 0 Å². The van der Waals surface area contributed by atoms with E-state index in [1.807, 2.05) is 18.2 Å². The highest BCUT2D eigenvalue weighted by Crippen LogP contribution is 2.69. The molecule has 33 heavy (non-hydrogen) atoms. The summed E-state index contributed by atoms with van der Waals surface area (Å²) in [4.78, 5) is 13.4. The second-order valence-corrected chi connectivity index (χ2v) is 12.2. The standard InChI is InChI=1S/C30H28O2P/c1-20-21(2)23(4)28-27(22(20)3)29(31)32-30(28)33(24-14-8-5-9-15-24,25-16-10-6-11-17-25)26-18-12-7-13-19-26/h5-19,30H,1-4H3/q+1. The highest BCUT2D eigenvalue weighted by molar-refractivity contribution is 7.95. The van der Waals surface area contributed by atoms with Crippen molar-refractivity contribution >= 4 is 29.1 Å². The predicted octanol–water partition coefficient (Wildman–Crippen LogP) is 6.08. The first kappa shape index (κ1) is 21.6. The minimum absolute atomic E-state index is 0.203. The van der Waals surface area contributed by atoms with Crippen LogP contribution in [0.3, 0.4) is 0 Å². The molecular weight excluding hydrogens is 423 g/mol. The summed E-state index contributed by atoms with van der Waals surface area (Å²) < 4.78 is 6.44. The molecule has 164 valence electrons. The van der Waals surface area contributed by atoms with Crippen LogP contribution in [0.5, 0.6) is 0 Å². The Morgan fingerprint density at radius 3 is 1.39 bits per heavy atom. The average molecular weight is 452 g/mol. The minimum atomic E-state index is -2.40. The Kier molecular flexibility index (Phi) is 5.43. The number of esters is 1. The maximum absolute atomic E-state index is 13.4. The molecule has 0 aromatic heterocycles. The van der Waals surface area contributed by atoms with Gasteiger partial charge in [-0.25, -0.2) is 4.79 Å². The van der Waals surface area contributed by atoms with Gasteiger partial charge >= 0.3 is 5.97 Å². The zero-order valence-corrected chi connectivity index (χ0v) is 20.4. The molecule has 2 nitrogen and oxygen atoms in total. The molecule has 1 heterocycles. The topological polar surface area (TPSA) is 26.3 Å². The molecule has 0 N–H and O–H groups in total. The van der Waals surface area contributed by atoms with Crippen molar-refractivity contribution in [3.05, 3.63) is 124 Å². The van der Waals surface area contributed by atoms with E-state index in [1.165, 1.54) is 27.0 Å². The lowest BCUT2D eigenvalue weighted by Gasteiger charge is -2.32. The molecule has 4 aromatic carbocycles. The van der Waals surface area contributed by atoms with Crippen LogP contribution in [0.25, 0.3) is 0 Å². The van der Waals surface area contributed by atoms with E-state index in [0.717, 1.165) is 22.3 Å². The molecule has 1 unspecified atom stereocenters. The van der Waals surface area contributed by atoms with Crippen molar-refractivity contribution in [3.8, 4) is 0 Å². The first-order valence-corrected chi connectivity index (χ1v) is 13.2. The van der Waals surface area contributed by atoms with Crippen molar-refractivity contribution in [2.75, 3.05) is 0 Å². The molecule has 0 saturated heterocycles. The first-order chi connectivity index (χ1) is 16.0. The van der Waals surface area contributed by atoms with Crippen LogP contribution in [-0.2, 0) is 4.74 Å². The van der Waals surface area contributed by atoms with Crippen molar-refractivity contribution in [1.82, 2.24) is 0 Å². The van der Waals surface area contributed by atoms with Crippen molar-refractivity contribution < 1.29 is 9.53 Å². The van der Waals surface area contributed by atoms with Gasteiger partial charge in [0, 0.05) is 0 Å². The van der Waals surface area contributed by atoms with Gasteiger partial charge in [0.2, 0.25) is 5.85 Å². The highest BCUT2D eigenvalue weighted by Gasteiger charge is 2.59. The van der Waals surface area contributed by atoms with Crippen molar-refractivity contribution in [2.24, 2.45) is 0 Å². The molecule has 1 atom stereocenters. The number of cyclic esters (lactones) is 1. The van der Waals surface area contributed by atoms with Crippen LogP contribution >= 0.6 is 7.26 Å². The van der Waals surface area contributed by atoms with E-state index in [-0.39, 0.29) is 11.8 Å². The number of carbonyl (C=O) groups excluding carboxylic acids is 1. The van der Waals surface area contributed by atoms with E-state index in [2.05, 4.69) is 100 Å². The predicted molar refractivity (Wildman–Crippen MR) is 139 cm³/mol. The summed E-state index contributed by atoms with van der Waals surface area (Å²) in [5.74, 6) is -0.573. The lowest BCUT2D eigenvalue weighted by atomic mass is 9.90. The van der Waals surface area contributed by atoms with Crippen LogP contribution < -0.4 is 15.9 Å². The number of carbonyl (C=O) groups is 1. The van der Waals surface area contributed by atoms with Crippen LogP contribution in [0.4, 0.5) is 0 Å². The van der Waals surface area contributed by atoms with Crippen molar-refractivity contribution in [1.29, 1.82) is 0 Å². The molecule has 0 aliphatic carbocycles. The quantitative estimate of drug-likeness (QED) is 0.278. The molecule has 0 amide bonds. The number of hydrogen-bond acceptors (Lipinski definition) is 2. The average Bonchev–Trinajstić information content (AvgIpc) is 3.21. The fourth-order valence-electron chi connectivity index (χ4n) is 5.25. The van der Waals surface area contributed by atoms with Crippen LogP contribution in [0.15, 0.2) is 91.0 Å². The molecule has 0 saturated carbocycles. The van der Waals surface area contributed by atoms with E-state index in [1.54, 1.807) is 0 Å². The van der Waals surface area contributed by atoms with E-state index in [4.69, 9.17) is 4.74 Å². The Hall–Kier alpha value is -3.22. The minimum Gasteiger partial charge on any atom is -0.418 e. The molecule has 3 heteroatoms. The Morgan fingerprint density at radius 1 is 0.576 bits per heavy atom. The van der Waals surface area contributed by atoms with Crippen LogP contribution in [0.1, 0.15) is 44.0 Å². The Labute approximate surface area is 196 Å². The van der Waals surface area contributed by atoms with Gasteiger partial charge in [0.05, 0.1) is 11.1 Å². The molecule has 0 spiro atoms. The number of hydrogen-bond donors (Lipinski definition) is 0. The van der Waals surface area contributed by atoms with Gasteiger partial charge < -0.3 is 4.74 Å². The lowest BCUT2D eigenvalue weighted by molar-refractivity contribution is 0.0514. The maximum Gasteiger partial charge on any atom is 0.342 e. The zero-order valence-electron chi connectivity index (χ0n) is 19.5. The second kappa shape index (κ2) is 8.28. The van der Waals surface area contributed by atoms with Crippen LogP contribution in [0, 0.1) is 27.7 Å². The Morgan fingerprint density at radius 2 is 0.970 bits per heavy atom. The smallest absolute Gasteiger partial charge is 0.342 e. The maximum atomic E-state index is 13.4. The normalized spacial score (nSPS) is 15.3. The monoisotopic (exact) mass is 451 g/mol. The number of benzene rings is 4. The molecule has 0 fully saturated rings. The summed E-state index contributed by atoms with van der Waals surface area (Å²) >= 11 is 0. The van der Waals surface area contributed by atoms with Gasteiger partial charge in [-0.1, -0.05) is 54.6 Å². The molecule has 0 bridgehead atoms. The third-order valence-electron chi connectivity index (χ3n) is 7.25. The third kappa shape index (κ3) is 3.16. The molecule has 1 aliphatic heterocycles. The molecule has 4 aromatic rings. The van der Waals surface area contributed by atoms with Crippen molar-refractivity contribution in [3.63, 3.8) is 0 Å². The number of ether oxygens (including phenoxy) is 1. The third-order valence-corrected chi connectivity index (χ3v) is 11.7. The van der Waals surface area contributed by atoms with Gasteiger partial charge in [-0.15, -0.1) is 0 Å².